The molecular formula is C29H37F5O4S2. The second-order valence-corrected chi connectivity index (χ2v) is 13.9. The van der Waals surface area contributed by atoms with Gasteiger partial charge in [0.2, 0.25) is 0 Å². The Balaban J connectivity index is 1.88. The van der Waals surface area contributed by atoms with Crippen LogP contribution in [0.15, 0.2) is 42.5 Å². The second kappa shape index (κ2) is 13.9. The van der Waals surface area contributed by atoms with Gasteiger partial charge in [0.1, 0.15) is 23.0 Å². The van der Waals surface area contributed by atoms with Gasteiger partial charge in [-0.15, -0.1) is 0 Å². The fraction of sp³-hybridized carbons (Fsp3) is 0.586. The van der Waals surface area contributed by atoms with E-state index in [2.05, 4.69) is 6.92 Å². The number of phenolic OH excluding ortho intramolecular Hbond substituents is 2. The molecule has 2 N–H and O–H groups in total. The average Bonchev–Trinajstić information content (AvgIpc) is 2.88. The van der Waals surface area contributed by atoms with Crippen LogP contribution in [-0.4, -0.2) is 43.8 Å². The molecule has 3 unspecified atom stereocenters. The van der Waals surface area contributed by atoms with Gasteiger partial charge in [-0.3, -0.25) is 0 Å². The molecule has 2 aromatic carbocycles. The molecule has 0 aliphatic carbocycles. The van der Waals surface area contributed by atoms with Crippen LogP contribution in [0.5, 0.6) is 17.2 Å². The van der Waals surface area contributed by atoms with Crippen LogP contribution in [0.25, 0.3) is 0 Å². The monoisotopic (exact) mass is 608 g/mol. The van der Waals surface area contributed by atoms with E-state index >= 15 is 0 Å². The van der Waals surface area contributed by atoms with E-state index < -0.39 is 46.1 Å². The van der Waals surface area contributed by atoms with Crippen LogP contribution >= 0.6 is 11.8 Å². The van der Waals surface area contributed by atoms with E-state index in [0.29, 0.717) is 12.2 Å². The Morgan fingerprint density at radius 1 is 1.00 bits per heavy atom. The summed E-state index contributed by atoms with van der Waals surface area (Å²) in [6, 6.07) is 11.5. The summed E-state index contributed by atoms with van der Waals surface area (Å²) in [7, 11) is 0. The fourth-order valence-corrected chi connectivity index (χ4v) is 8.54. The first-order chi connectivity index (χ1) is 18.8. The van der Waals surface area contributed by atoms with Crippen molar-refractivity contribution in [3.63, 3.8) is 0 Å². The molecule has 0 bridgehead atoms. The third kappa shape index (κ3) is 8.12. The maximum atomic E-state index is 13.5. The summed E-state index contributed by atoms with van der Waals surface area (Å²) in [4.78, 5) is 0. The van der Waals surface area contributed by atoms with Crippen molar-refractivity contribution in [3.8, 4) is 17.2 Å². The normalized spacial score (nSPS) is 20.9. The lowest BCUT2D eigenvalue weighted by atomic mass is 9.76. The minimum Gasteiger partial charge on any atom is -0.615 e. The number of alkyl halides is 5. The van der Waals surface area contributed by atoms with Crippen LogP contribution in [0, 0.1) is 0 Å². The number of benzene rings is 2. The van der Waals surface area contributed by atoms with Gasteiger partial charge in [-0.1, -0.05) is 69.5 Å². The zero-order chi connectivity index (χ0) is 29.6. The predicted octanol–water partition coefficient (Wildman–Crippen LogP) is 8.64. The van der Waals surface area contributed by atoms with Crippen molar-refractivity contribution in [2.75, 3.05) is 12.4 Å². The molecule has 1 heterocycles. The molecule has 0 fully saturated rings. The summed E-state index contributed by atoms with van der Waals surface area (Å²) in [6.45, 7) is 4.30. The van der Waals surface area contributed by atoms with Crippen LogP contribution in [-0.2, 0) is 16.6 Å². The van der Waals surface area contributed by atoms with Crippen molar-refractivity contribution in [2.24, 2.45) is 0 Å². The van der Waals surface area contributed by atoms with E-state index in [4.69, 9.17) is 4.74 Å². The van der Waals surface area contributed by atoms with E-state index in [1.54, 1.807) is 30.3 Å². The van der Waals surface area contributed by atoms with Crippen molar-refractivity contribution in [1.29, 1.82) is 0 Å². The number of ether oxygens (including phenoxy) is 1. The number of fused-ring (bicyclic) bond motifs is 1. The quantitative estimate of drug-likeness (QED) is 0.128. The maximum absolute atomic E-state index is 13.5. The highest BCUT2D eigenvalue weighted by Crippen LogP contribution is 2.55. The summed E-state index contributed by atoms with van der Waals surface area (Å²) in [6.07, 6.45) is -2.26. The van der Waals surface area contributed by atoms with Gasteiger partial charge in [-0.2, -0.15) is 22.0 Å². The number of rotatable bonds is 14. The van der Waals surface area contributed by atoms with Crippen molar-refractivity contribution in [2.45, 2.75) is 92.6 Å². The molecule has 1 aliphatic rings. The maximum Gasteiger partial charge on any atom is 0.453 e. The minimum absolute atomic E-state index is 0.0254. The van der Waals surface area contributed by atoms with E-state index in [1.807, 2.05) is 6.92 Å². The third-order valence-electron chi connectivity index (χ3n) is 7.29. The smallest absolute Gasteiger partial charge is 0.453 e. The Kier molecular flexibility index (Phi) is 11.3. The molecule has 0 saturated heterocycles. The Morgan fingerprint density at radius 2 is 1.65 bits per heavy atom. The zero-order valence-corrected chi connectivity index (χ0v) is 24.3. The Bertz CT molecular complexity index is 1080. The van der Waals surface area contributed by atoms with Crippen LogP contribution in [0.3, 0.4) is 0 Å². The van der Waals surface area contributed by atoms with Gasteiger partial charge >= 0.3 is 12.1 Å². The van der Waals surface area contributed by atoms with Gasteiger partial charge in [0.05, 0.1) is 11.9 Å². The summed E-state index contributed by atoms with van der Waals surface area (Å²) in [5.41, 5.74) is 0.969. The first-order valence-electron chi connectivity index (χ1n) is 13.5. The van der Waals surface area contributed by atoms with Crippen molar-refractivity contribution >= 4 is 22.9 Å². The standard InChI is InChI=1S/C29H37F5O4S2/c1-3-4-5-6-7-9-25(40(37)17-8-16-28(30,31)29(32,33)34)39-26-23-15-14-22(36)18-24(23)38-19-27(26,2)20-10-12-21(35)13-11-20/h10-15,18,25-26,35-36H,3-9,16-17,19H2,1-2H3/t25-,26?,27?,40?/m0/s1. The number of aromatic hydroxyl groups is 2. The Labute approximate surface area is 239 Å². The molecule has 1 aliphatic heterocycles. The summed E-state index contributed by atoms with van der Waals surface area (Å²) in [5.74, 6) is -4.48. The Morgan fingerprint density at radius 3 is 2.30 bits per heavy atom. The SMILES string of the molecule is CCCCCCC[C@@H](SC1c2ccc(O)cc2OCC1(C)c1ccc(O)cc1)[S+]([O-])CCCC(F)(F)C(F)(F)F. The number of hydrogen-bond donors (Lipinski definition) is 2. The molecule has 3 rings (SSSR count). The van der Waals surface area contributed by atoms with Gasteiger partial charge in [0.25, 0.3) is 0 Å². The molecule has 0 aromatic heterocycles. The first kappa shape index (κ1) is 32.7. The van der Waals surface area contributed by atoms with Crippen LogP contribution in [0.1, 0.15) is 81.6 Å². The summed E-state index contributed by atoms with van der Waals surface area (Å²) in [5, 5.41) is 19.5. The average molecular weight is 609 g/mol. The predicted molar refractivity (Wildman–Crippen MR) is 150 cm³/mol. The van der Waals surface area contributed by atoms with Gasteiger partial charge in [0.15, 0.2) is 4.58 Å². The Hall–Kier alpha value is -1.85. The molecule has 40 heavy (non-hydrogen) atoms. The minimum atomic E-state index is -5.63. The molecule has 224 valence electrons. The van der Waals surface area contributed by atoms with Gasteiger partial charge in [0, 0.05) is 29.9 Å². The molecule has 0 spiro atoms. The van der Waals surface area contributed by atoms with Crippen molar-refractivity contribution < 1.29 is 41.5 Å². The van der Waals surface area contributed by atoms with E-state index in [0.717, 1.165) is 43.2 Å². The van der Waals surface area contributed by atoms with Gasteiger partial charge < -0.3 is 19.5 Å². The molecule has 4 atom stereocenters. The summed E-state index contributed by atoms with van der Waals surface area (Å²) < 4.78 is 84.0. The number of phenols is 2. The number of halogens is 5. The lowest BCUT2D eigenvalue weighted by Crippen LogP contribution is -2.40. The molecule has 0 amide bonds. The lowest BCUT2D eigenvalue weighted by Gasteiger charge is -2.43. The van der Waals surface area contributed by atoms with Crippen LogP contribution in [0.2, 0.25) is 0 Å². The molecule has 4 nitrogen and oxygen atoms in total. The van der Waals surface area contributed by atoms with Crippen molar-refractivity contribution in [3.05, 3.63) is 53.6 Å². The highest BCUT2D eigenvalue weighted by molar-refractivity contribution is 8.13. The number of thioether (sulfide) groups is 1. The largest absolute Gasteiger partial charge is 0.615 e. The number of unbranched alkanes of at least 4 members (excludes halogenated alkanes) is 4. The topological polar surface area (TPSA) is 72.8 Å². The first-order valence-corrected chi connectivity index (χ1v) is 15.8. The van der Waals surface area contributed by atoms with Crippen LogP contribution < -0.4 is 4.74 Å². The van der Waals surface area contributed by atoms with E-state index in [9.17, 15) is 36.7 Å². The highest BCUT2D eigenvalue weighted by atomic mass is 32.3. The second-order valence-electron chi connectivity index (χ2n) is 10.5. The van der Waals surface area contributed by atoms with Crippen molar-refractivity contribution in [1.82, 2.24) is 0 Å². The van der Waals surface area contributed by atoms with Crippen LogP contribution in [0.4, 0.5) is 22.0 Å². The third-order valence-corrected chi connectivity index (χ3v) is 11.4. The van der Waals surface area contributed by atoms with Gasteiger partial charge in [-0.05, 0) is 47.8 Å². The summed E-state index contributed by atoms with van der Waals surface area (Å²) >= 11 is -0.249. The highest BCUT2D eigenvalue weighted by Gasteiger charge is 2.56. The molecule has 0 saturated carbocycles. The molecule has 2 aromatic rings. The van der Waals surface area contributed by atoms with E-state index in [1.165, 1.54) is 23.9 Å². The van der Waals surface area contributed by atoms with Gasteiger partial charge in [-0.25, -0.2) is 0 Å². The molecular weight excluding hydrogens is 571 g/mol. The molecule has 11 heteroatoms. The molecule has 0 radical (unpaired) electrons. The number of hydrogen-bond acceptors (Lipinski definition) is 5. The zero-order valence-electron chi connectivity index (χ0n) is 22.7. The lowest BCUT2D eigenvalue weighted by molar-refractivity contribution is -0.284. The van der Waals surface area contributed by atoms with E-state index in [-0.39, 0.29) is 29.1 Å². The fourth-order valence-electron chi connectivity index (χ4n) is 4.85.